The molecule has 0 amide bonds. The minimum atomic E-state index is 0.885. The Bertz CT molecular complexity index is 2760. The smallest absolute Gasteiger partial charge is 0.143 e. The molecule has 1 nitrogen and oxygen atoms in total. The zero-order valence-corrected chi connectivity index (χ0v) is 26.8. The van der Waals surface area contributed by atoms with Crippen LogP contribution in [0.25, 0.3) is 93.2 Å². The van der Waals surface area contributed by atoms with Gasteiger partial charge < -0.3 is 4.42 Å². The normalized spacial score (nSPS) is 13.0. The number of rotatable bonds is 4. The standard InChI is InChI=1S/C48H30O/c1-2-15-31(16-3-1)34-20-6-7-21-36(34)45-37-22-8-10-24-39(37)46(40-25-11-9-23-38(40)45)42-28-14-30-44-47(42)43-29-13-27-41(48(43)49-44)35-26-12-18-32-17-4-5-19-33(32)35/h1-2,4-8,10-15,17-22,24-30H,3,16H2. The summed E-state index contributed by atoms with van der Waals surface area (Å²) in [5.41, 5.74) is 11.5. The molecular weight excluding hydrogens is 593 g/mol. The summed E-state index contributed by atoms with van der Waals surface area (Å²) in [6.45, 7) is 0. The first-order valence-electron chi connectivity index (χ1n) is 17.0. The zero-order valence-electron chi connectivity index (χ0n) is 26.8. The van der Waals surface area contributed by atoms with Gasteiger partial charge in [-0.05, 0) is 91.4 Å². The lowest BCUT2D eigenvalue weighted by Crippen LogP contribution is -1.95. The Kier molecular flexibility index (Phi) is 6.29. The minimum absolute atomic E-state index is 0.885. The predicted molar refractivity (Wildman–Crippen MR) is 207 cm³/mol. The van der Waals surface area contributed by atoms with Crippen LogP contribution >= 0.6 is 0 Å². The highest BCUT2D eigenvalue weighted by atomic mass is 16.3. The fraction of sp³-hybridized carbons (Fsp3) is 0.0417. The van der Waals surface area contributed by atoms with E-state index in [1.807, 2.05) is 6.07 Å². The van der Waals surface area contributed by atoms with E-state index in [0.29, 0.717) is 0 Å². The van der Waals surface area contributed by atoms with Crippen LogP contribution in [-0.2, 0) is 0 Å². The molecule has 1 heteroatoms. The van der Waals surface area contributed by atoms with Crippen LogP contribution < -0.4 is 0 Å². The van der Waals surface area contributed by atoms with Gasteiger partial charge in [-0.15, -0.1) is 0 Å². The topological polar surface area (TPSA) is 13.1 Å². The van der Waals surface area contributed by atoms with Gasteiger partial charge >= 0.3 is 0 Å². The molecule has 0 fully saturated rings. The van der Waals surface area contributed by atoms with Crippen molar-refractivity contribution in [2.45, 2.75) is 12.8 Å². The van der Waals surface area contributed by atoms with Gasteiger partial charge in [-0.2, -0.15) is 0 Å². The summed E-state index contributed by atoms with van der Waals surface area (Å²) in [7, 11) is 0. The highest BCUT2D eigenvalue weighted by Crippen LogP contribution is 2.48. The van der Waals surface area contributed by atoms with Gasteiger partial charge in [0.25, 0.3) is 0 Å². The van der Waals surface area contributed by atoms with E-state index in [9.17, 15) is 0 Å². The van der Waals surface area contributed by atoms with Gasteiger partial charge in [0.1, 0.15) is 11.2 Å². The van der Waals surface area contributed by atoms with E-state index in [1.165, 1.54) is 54.9 Å². The Labute approximate surface area is 285 Å². The van der Waals surface area contributed by atoms with Crippen molar-refractivity contribution >= 4 is 59.8 Å². The van der Waals surface area contributed by atoms with E-state index in [-0.39, 0.29) is 0 Å². The zero-order chi connectivity index (χ0) is 32.3. The summed E-state index contributed by atoms with van der Waals surface area (Å²) in [4.78, 5) is 0. The summed E-state index contributed by atoms with van der Waals surface area (Å²) < 4.78 is 6.82. The third-order valence-electron chi connectivity index (χ3n) is 10.2. The van der Waals surface area contributed by atoms with Crippen LogP contribution in [0.4, 0.5) is 0 Å². The van der Waals surface area contributed by atoms with E-state index in [2.05, 4.69) is 164 Å². The van der Waals surface area contributed by atoms with Gasteiger partial charge in [0.2, 0.25) is 0 Å². The minimum Gasteiger partial charge on any atom is -0.455 e. The molecule has 0 aliphatic heterocycles. The van der Waals surface area contributed by atoms with E-state index in [0.717, 1.165) is 56.7 Å². The van der Waals surface area contributed by atoms with Gasteiger partial charge in [0.15, 0.2) is 0 Å². The number of allylic oxidation sites excluding steroid dienone is 4. The van der Waals surface area contributed by atoms with Gasteiger partial charge in [0.05, 0.1) is 0 Å². The lowest BCUT2D eigenvalue weighted by atomic mass is 9.82. The van der Waals surface area contributed by atoms with Gasteiger partial charge in [-0.3, -0.25) is 0 Å². The molecule has 0 saturated carbocycles. The molecule has 0 radical (unpaired) electrons. The van der Waals surface area contributed by atoms with Gasteiger partial charge in [0, 0.05) is 27.3 Å². The van der Waals surface area contributed by atoms with Crippen LogP contribution in [0.1, 0.15) is 18.4 Å². The second-order valence-corrected chi connectivity index (χ2v) is 12.9. The predicted octanol–water partition coefficient (Wildman–Crippen LogP) is 13.4. The van der Waals surface area contributed by atoms with Crippen molar-refractivity contribution in [3.8, 4) is 33.4 Å². The van der Waals surface area contributed by atoms with E-state index in [1.54, 1.807) is 0 Å². The molecule has 10 rings (SSSR count). The van der Waals surface area contributed by atoms with Crippen molar-refractivity contribution in [1.82, 2.24) is 0 Å². The summed E-state index contributed by atoms with van der Waals surface area (Å²) in [6.07, 6.45) is 8.81. The number of fused-ring (bicyclic) bond motifs is 6. The fourth-order valence-corrected chi connectivity index (χ4v) is 8.10. The number of hydrogen-bond donors (Lipinski definition) is 0. The maximum Gasteiger partial charge on any atom is 0.143 e. The molecule has 49 heavy (non-hydrogen) atoms. The van der Waals surface area contributed by atoms with Crippen LogP contribution in [0, 0.1) is 12.1 Å². The third-order valence-corrected chi connectivity index (χ3v) is 10.2. The molecule has 0 atom stereocenters. The van der Waals surface area contributed by atoms with Crippen LogP contribution in [-0.4, -0.2) is 0 Å². The molecular formula is C48H30O. The van der Waals surface area contributed by atoms with Gasteiger partial charge in [-0.1, -0.05) is 152 Å². The molecule has 1 aliphatic carbocycles. The van der Waals surface area contributed by atoms with Crippen LogP contribution in [0.2, 0.25) is 0 Å². The lowest BCUT2D eigenvalue weighted by molar-refractivity contribution is 0.670. The first-order chi connectivity index (χ1) is 24.3. The van der Waals surface area contributed by atoms with Crippen molar-refractivity contribution in [1.29, 1.82) is 0 Å². The van der Waals surface area contributed by atoms with Crippen LogP contribution in [0.15, 0.2) is 162 Å². The maximum atomic E-state index is 6.82. The second-order valence-electron chi connectivity index (χ2n) is 12.9. The van der Waals surface area contributed by atoms with Crippen molar-refractivity contribution in [2.75, 3.05) is 0 Å². The summed E-state index contributed by atoms with van der Waals surface area (Å²) in [6, 6.07) is 57.0. The summed E-state index contributed by atoms with van der Waals surface area (Å²) in [5.74, 6) is 0. The largest absolute Gasteiger partial charge is 0.455 e. The molecule has 0 spiro atoms. The maximum absolute atomic E-state index is 6.82. The molecule has 0 saturated heterocycles. The molecule has 228 valence electrons. The molecule has 1 aromatic heterocycles. The number of para-hydroxylation sites is 1. The van der Waals surface area contributed by atoms with Crippen molar-refractivity contribution in [3.63, 3.8) is 0 Å². The summed E-state index contributed by atoms with van der Waals surface area (Å²) in [5, 5.41) is 9.35. The fourth-order valence-electron chi connectivity index (χ4n) is 8.10. The summed E-state index contributed by atoms with van der Waals surface area (Å²) >= 11 is 0. The molecule has 8 aromatic carbocycles. The Morgan fingerprint density at radius 2 is 1.18 bits per heavy atom. The Hall–Kier alpha value is -6.36. The Balaban J connectivity index is 1.29. The van der Waals surface area contributed by atoms with Crippen LogP contribution in [0.3, 0.4) is 0 Å². The van der Waals surface area contributed by atoms with E-state index in [4.69, 9.17) is 4.42 Å². The molecule has 9 aromatic rings. The second kappa shape index (κ2) is 11.1. The number of furan rings is 1. The first kappa shape index (κ1) is 27.7. The van der Waals surface area contributed by atoms with Crippen molar-refractivity contribution in [3.05, 3.63) is 175 Å². The SMILES string of the molecule is c1ccc2c(-c3cccc4oc5c(-c6cccc7ccccc67)cccc5c34)c3ccccc3c(-c3ccccc3C3=CC=CCC3)c2c#1. The highest BCUT2D eigenvalue weighted by Gasteiger charge is 2.23. The molecule has 1 heterocycles. The molecule has 1 aliphatic rings. The average Bonchev–Trinajstić information content (AvgIpc) is 3.57. The van der Waals surface area contributed by atoms with E-state index < -0.39 is 0 Å². The lowest BCUT2D eigenvalue weighted by Gasteiger charge is -2.20. The molecule has 0 unspecified atom stereocenters. The first-order valence-corrected chi connectivity index (χ1v) is 17.0. The molecule has 0 N–H and O–H groups in total. The number of benzene rings is 7. The quantitative estimate of drug-likeness (QED) is 0.190. The number of hydrogen-bond acceptors (Lipinski definition) is 1. The van der Waals surface area contributed by atoms with E-state index >= 15 is 0 Å². The third kappa shape index (κ3) is 4.28. The Morgan fingerprint density at radius 1 is 0.510 bits per heavy atom. The highest BCUT2D eigenvalue weighted by molar-refractivity contribution is 6.26. The van der Waals surface area contributed by atoms with Crippen molar-refractivity contribution < 1.29 is 4.42 Å². The monoisotopic (exact) mass is 622 g/mol. The Morgan fingerprint density at radius 3 is 2.06 bits per heavy atom. The average molecular weight is 623 g/mol. The van der Waals surface area contributed by atoms with Crippen molar-refractivity contribution in [2.24, 2.45) is 0 Å². The van der Waals surface area contributed by atoms with Crippen LogP contribution in [0.5, 0.6) is 0 Å². The molecule has 0 bridgehead atoms. The van der Waals surface area contributed by atoms with Gasteiger partial charge in [-0.25, -0.2) is 0 Å².